The first-order valence-corrected chi connectivity index (χ1v) is 27.5. The van der Waals surface area contributed by atoms with Crippen LogP contribution in [0.1, 0.15) is 61.0 Å². The van der Waals surface area contributed by atoms with Crippen LogP contribution in [0.25, 0.3) is 0 Å². The van der Waals surface area contributed by atoms with Crippen molar-refractivity contribution < 1.29 is 46.6 Å². The van der Waals surface area contributed by atoms with Gasteiger partial charge in [-0.05, 0) is 72.9 Å². The van der Waals surface area contributed by atoms with Gasteiger partial charge in [0.15, 0.2) is 29.1 Å². The predicted octanol–water partition coefficient (Wildman–Crippen LogP) is 6.29. The Kier molecular flexibility index (Phi) is 16.4. The van der Waals surface area contributed by atoms with E-state index in [-0.39, 0.29) is 23.8 Å². The minimum absolute atomic E-state index is 0.0462. The zero-order chi connectivity index (χ0) is 50.7. The number of methoxy groups -OCH3 is 4. The number of ether oxygens (including phenoxy) is 7. The molecule has 70 heavy (non-hydrogen) atoms. The van der Waals surface area contributed by atoms with Crippen LogP contribution in [0.4, 0.5) is 0 Å². The summed E-state index contributed by atoms with van der Waals surface area (Å²) in [6.45, 7) is 15.4. The topological polar surface area (TPSA) is 202 Å². The summed E-state index contributed by atoms with van der Waals surface area (Å²) in [5.74, 6) is 1.32. The number of hydrogen-bond acceptors (Lipinski definition) is 14. The predicted molar refractivity (Wildman–Crippen MR) is 266 cm³/mol. The zero-order valence-corrected chi connectivity index (χ0v) is 43.6. The van der Waals surface area contributed by atoms with E-state index in [2.05, 4.69) is 43.8 Å². The average molecular weight is 1010 g/mol. The van der Waals surface area contributed by atoms with Crippen molar-refractivity contribution in [2.24, 2.45) is 0 Å². The highest BCUT2D eigenvalue weighted by atomic mass is 31.2. The summed E-state index contributed by atoms with van der Waals surface area (Å²) in [6, 6.07) is 25.0. The first-order chi connectivity index (χ1) is 33.3. The summed E-state index contributed by atoms with van der Waals surface area (Å²) in [5.41, 5.74) is -0.631. The first-order valence-electron chi connectivity index (χ1n) is 23.0. The fourth-order valence-electron chi connectivity index (χ4n) is 8.63. The molecule has 18 nitrogen and oxygen atoms in total. The third-order valence-corrected chi connectivity index (χ3v) is 19.0. The van der Waals surface area contributed by atoms with Crippen molar-refractivity contribution in [3.63, 3.8) is 0 Å². The molecule has 9 atom stereocenters. The number of aromatic nitrogens is 4. The molecule has 0 spiro atoms. The van der Waals surface area contributed by atoms with E-state index in [0.29, 0.717) is 17.1 Å². The minimum atomic E-state index is -2.50. The highest BCUT2D eigenvalue weighted by Gasteiger charge is 2.53. The second-order valence-corrected chi connectivity index (χ2v) is 25.1. The number of benzene rings is 3. The smallest absolute Gasteiger partial charge is 0.330 e. The molecule has 3 aromatic carbocycles. The molecule has 378 valence electrons. The fourth-order valence-corrected chi connectivity index (χ4v) is 11.0. The molecular formula is C50H65N4O14PSi. The summed E-state index contributed by atoms with van der Waals surface area (Å²) in [6.07, 6.45) is -4.12. The highest BCUT2D eigenvalue weighted by Crippen LogP contribution is 2.48. The summed E-state index contributed by atoms with van der Waals surface area (Å²) in [5, 5.41) is -0.197. The van der Waals surface area contributed by atoms with E-state index in [9.17, 15) is 19.2 Å². The zero-order valence-electron chi connectivity index (χ0n) is 41.8. The molecule has 1 unspecified atom stereocenters. The Morgan fingerprint density at radius 3 is 1.51 bits per heavy atom. The van der Waals surface area contributed by atoms with Gasteiger partial charge < -0.3 is 46.6 Å². The Morgan fingerprint density at radius 2 is 1.07 bits per heavy atom. The van der Waals surface area contributed by atoms with Crippen LogP contribution in [0.2, 0.25) is 18.1 Å². The number of aromatic amines is 2. The molecule has 0 radical (unpaired) electrons. The number of aryl methyl sites for hydroxylation is 2. The van der Waals surface area contributed by atoms with E-state index in [0.717, 1.165) is 16.7 Å². The molecule has 2 aliphatic rings. The maximum Gasteiger partial charge on any atom is 0.330 e. The average Bonchev–Trinajstić information content (AvgIpc) is 3.86. The van der Waals surface area contributed by atoms with Gasteiger partial charge in [0.05, 0.1) is 27.4 Å². The van der Waals surface area contributed by atoms with Crippen molar-refractivity contribution in [2.45, 2.75) is 107 Å². The number of rotatable bonds is 19. The van der Waals surface area contributed by atoms with Crippen molar-refractivity contribution in [3.8, 4) is 11.5 Å². The standard InChI is InChI=1S/C50H65N4O14PSi/c1-30-26-53(47(57)51-43(30)55)45-41(61-8)39(37(65-45)28-63-50(32-16-14-13-15-17-32,33-18-22-35(59-6)23-19-33)34-20-24-36(60-7)25-21-34)67-69(10)64-29-38-40(68-70(11,12)49(3,4)5)42(62-9)46(66-38)54-27-31(2)44(56)52-48(54)58/h13-27,37-42,45-46H,28-29H2,1-12H3,(H,51,55,57)(H,52,56,58)/t37-,38-,39-,40-,41-,42-,45-,46-,69?/m1/s1. The van der Waals surface area contributed by atoms with Gasteiger partial charge in [0, 0.05) is 44.4 Å². The molecule has 0 saturated carbocycles. The van der Waals surface area contributed by atoms with Gasteiger partial charge in [-0.1, -0.05) is 75.4 Å². The molecule has 2 N–H and O–H groups in total. The van der Waals surface area contributed by atoms with Crippen molar-refractivity contribution in [1.82, 2.24) is 19.1 Å². The van der Waals surface area contributed by atoms with Gasteiger partial charge in [-0.2, -0.15) is 0 Å². The lowest BCUT2D eigenvalue weighted by atomic mass is 9.80. The van der Waals surface area contributed by atoms with Crippen LogP contribution in [0, 0.1) is 13.8 Å². The van der Waals surface area contributed by atoms with Crippen molar-refractivity contribution in [2.75, 3.05) is 48.3 Å². The monoisotopic (exact) mass is 1000 g/mol. The van der Waals surface area contributed by atoms with Crippen molar-refractivity contribution >= 4 is 16.7 Å². The molecule has 20 heteroatoms. The van der Waals surface area contributed by atoms with Gasteiger partial charge in [0.2, 0.25) is 0 Å². The van der Waals surface area contributed by atoms with E-state index in [1.165, 1.54) is 35.7 Å². The van der Waals surface area contributed by atoms with Gasteiger partial charge in [0.25, 0.3) is 11.1 Å². The number of nitrogens with zero attached hydrogens (tertiary/aromatic N) is 2. The van der Waals surface area contributed by atoms with Crippen LogP contribution in [0.5, 0.6) is 11.5 Å². The molecule has 5 aromatic rings. The lowest BCUT2D eigenvalue weighted by Crippen LogP contribution is -2.50. The van der Waals surface area contributed by atoms with E-state index >= 15 is 0 Å². The SMILES string of the molecule is COc1ccc(C(OC[C@H]2O[C@@H](n3cc(C)c(=O)[nH]c3=O)[C@H](OC)[C@@H]2OP(C)OC[C@H]2O[C@@H](n3cc(C)c(=O)[nH]c3=O)[C@H](OC)[C@@H]2O[Si](C)(C)C(C)(C)C)(c2ccccc2)c2ccc(OC)cc2)cc1. The third-order valence-electron chi connectivity index (χ3n) is 13.5. The van der Waals surface area contributed by atoms with Crippen LogP contribution in [0.15, 0.2) is 110 Å². The summed E-state index contributed by atoms with van der Waals surface area (Å²) < 4.78 is 67.0. The Hall–Kier alpha value is -5.05. The molecule has 4 heterocycles. The van der Waals surface area contributed by atoms with E-state index in [4.69, 9.17) is 46.6 Å². The Labute approximate surface area is 409 Å². The normalized spacial score (nSPS) is 23.4. The minimum Gasteiger partial charge on any atom is -0.497 e. The maximum atomic E-state index is 13.5. The molecule has 7 rings (SSSR count). The third kappa shape index (κ3) is 10.7. The summed E-state index contributed by atoms with van der Waals surface area (Å²) >= 11 is 0. The van der Waals surface area contributed by atoms with E-state index < -0.39 is 93.9 Å². The number of H-pyrrole nitrogens is 2. The maximum absolute atomic E-state index is 13.5. The molecular weight excluding hydrogens is 940 g/mol. The Morgan fingerprint density at radius 1 is 0.629 bits per heavy atom. The van der Waals surface area contributed by atoms with Crippen LogP contribution in [0.3, 0.4) is 0 Å². The number of nitrogens with one attached hydrogen (secondary N) is 2. The van der Waals surface area contributed by atoms with Gasteiger partial charge >= 0.3 is 11.4 Å². The molecule has 0 amide bonds. The molecule has 0 bridgehead atoms. The highest BCUT2D eigenvalue weighted by molar-refractivity contribution is 7.46. The second-order valence-electron chi connectivity index (χ2n) is 19.0. The van der Waals surface area contributed by atoms with Crippen LogP contribution < -0.4 is 32.0 Å². The van der Waals surface area contributed by atoms with Gasteiger partial charge in [-0.15, -0.1) is 0 Å². The van der Waals surface area contributed by atoms with Crippen molar-refractivity contribution in [1.29, 1.82) is 0 Å². The Balaban J connectivity index is 1.24. The van der Waals surface area contributed by atoms with Crippen LogP contribution in [-0.4, -0.2) is 112 Å². The quantitative estimate of drug-likeness (QED) is 0.0531. The van der Waals surface area contributed by atoms with Crippen LogP contribution in [-0.2, 0) is 42.8 Å². The van der Waals surface area contributed by atoms with Crippen LogP contribution >= 0.6 is 8.38 Å². The second kappa shape index (κ2) is 21.7. The largest absolute Gasteiger partial charge is 0.497 e. The number of hydrogen-bond donors (Lipinski definition) is 2. The van der Waals surface area contributed by atoms with Crippen molar-refractivity contribution in [3.05, 3.63) is 161 Å². The van der Waals surface area contributed by atoms with Gasteiger partial charge in [0.1, 0.15) is 53.7 Å². The van der Waals surface area contributed by atoms with Gasteiger partial charge in [-0.25, -0.2) is 9.59 Å². The lowest BCUT2D eigenvalue weighted by molar-refractivity contribution is -0.0956. The first kappa shape index (κ1) is 52.8. The summed E-state index contributed by atoms with van der Waals surface area (Å²) in [4.78, 5) is 56.5. The molecule has 2 aromatic heterocycles. The molecule has 2 saturated heterocycles. The Bertz CT molecular complexity index is 2750. The van der Waals surface area contributed by atoms with Gasteiger partial charge in [-0.3, -0.25) is 28.7 Å². The molecule has 2 fully saturated rings. The summed E-state index contributed by atoms with van der Waals surface area (Å²) in [7, 11) is 1.93. The molecule has 2 aliphatic heterocycles. The fraction of sp³-hybridized carbons (Fsp3) is 0.480. The molecule has 0 aliphatic carbocycles. The lowest BCUT2D eigenvalue weighted by Gasteiger charge is -2.40. The van der Waals surface area contributed by atoms with E-state index in [1.54, 1.807) is 34.7 Å². The van der Waals surface area contributed by atoms with E-state index in [1.807, 2.05) is 78.9 Å².